The van der Waals surface area contributed by atoms with Gasteiger partial charge in [0.05, 0.1) is 2.88 Å². The molecule has 0 bridgehead atoms. The highest BCUT2D eigenvalue weighted by molar-refractivity contribution is 14.1. The fourth-order valence-electron chi connectivity index (χ4n) is 1.80. The Morgan fingerprint density at radius 2 is 2.57 bits per heavy atom. The van der Waals surface area contributed by atoms with Crippen molar-refractivity contribution < 1.29 is 0 Å². The average molecular weight is 322 g/mol. The second-order valence-corrected chi connectivity index (χ2v) is 6.69. The van der Waals surface area contributed by atoms with Crippen molar-refractivity contribution in [1.29, 1.82) is 0 Å². The Hall–Kier alpha value is 0.350. The van der Waals surface area contributed by atoms with Crippen molar-refractivity contribution >= 4 is 33.9 Å². The van der Waals surface area contributed by atoms with Gasteiger partial charge in [0.25, 0.3) is 0 Å². The zero-order chi connectivity index (χ0) is 9.97. The Morgan fingerprint density at radius 1 is 1.71 bits per heavy atom. The maximum Gasteiger partial charge on any atom is 0.0656 e. The van der Waals surface area contributed by atoms with Crippen LogP contribution in [0.1, 0.15) is 12.0 Å². The van der Waals surface area contributed by atoms with E-state index in [2.05, 4.69) is 51.3 Å². The molecule has 1 unspecified atom stereocenters. The molecule has 14 heavy (non-hydrogen) atoms. The highest BCUT2D eigenvalue weighted by Crippen LogP contribution is 2.17. The van der Waals surface area contributed by atoms with Crippen molar-refractivity contribution in [3.05, 3.63) is 19.9 Å². The van der Waals surface area contributed by atoms with Crippen molar-refractivity contribution in [2.24, 2.45) is 0 Å². The van der Waals surface area contributed by atoms with Gasteiger partial charge in [0.15, 0.2) is 0 Å². The summed E-state index contributed by atoms with van der Waals surface area (Å²) >= 11 is 4.20. The summed E-state index contributed by atoms with van der Waals surface area (Å²) in [7, 11) is 2.19. The van der Waals surface area contributed by atoms with Crippen molar-refractivity contribution in [1.82, 2.24) is 10.2 Å². The van der Waals surface area contributed by atoms with Crippen LogP contribution in [-0.4, -0.2) is 31.1 Å². The summed E-state index contributed by atoms with van der Waals surface area (Å²) in [6.45, 7) is 3.46. The van der Waals surface area contributed by atoms with Gasteiger partial charge in [-0.3, -0.25) is 0 Å². The van der Waals surface area contributed by atoms with Crippen LogP contribution in [0.5, 0.6) is 0 Å². The lowest BCUT2D eigenvalue weighted by Gasteiger charge is -2.11. The minimum Gasteiger partial charge on any atom is -0.309 e. The van der Waals surface area contributed by atoms with Crippen molar-refractivity contribution in [2.75, 3.05) is 20.1 Å². The Bertz CT molecular complexity index is 300. The number of nitrogens with zero attached hydrogens (tertiary/aromatic N) is 1. The molecule has 0 radical (unpaired) electrons. The van der Waals surface area contributed by atoms with Gasteiger partial charge in [-0.05, 0) is 59.6 Å². The van der Waals surface area contributed by atoms with E-state index in [0.717, 1.165) is 6.54 Å². The van der Waals surface area contributed by atoms with E-state index in [9.17, 15) is 0 Å². The molecule has 0 spiro atoms. The van der Waals surface area contributed by atoms with Crippen LogP contribution >= 0.6 is 33.9 Å². The number of hydrogen-bond donors (Lipinski definition) is 1. The molecule has 0 aromatic carbocycles. The molecule has 1 aromatic rings. The summed E-state index contributed by atoms with van der Waals surface area (Å²) < 4.78 is 1.38. The summed E-state index contributed by atoms with van der Waals surface area (Å²) in [4.78, 5) is 2.38. The number of thiophene rings is 1. The highest BCUT2D eigenvalue weighted by Gasteiger charge is 2.18. The zero-order valence-corrected chi connectivity index (χ0v) is 11.3. The van der Waals surface area contributed by atoms with Crippen LogP contribution in [0.3, 0.4) is 0 Å². The standard InChI is InChI=1S/C10H15IN2S/c1-13-3-2-9(6-13)12-5-8-4-10(11)14-7-8/h4,7,9,12H,2-3,5-6H2,1H3. The largest absolute Gasteiger partial charge is 0.309 e. The van der Waals surface area contributed by atoms with E-state index in [-0.39, 0.29) is 0 Å². The maximum absolute atomic E-state index is 3.60. The number of hydrogen-bond acceptors (Lipinski definition) is 3. The van der Waals surface area contributed by atoms with E-state index >= 15 is 0 Å². The molecule has 78 valence electrons. The first-order chi connectivity index (χ1) is 6.74. The minimum absolute atomic E-state index is 0.692. The molecular weight excluding hydrogens is 307 g/mol. The molecule has 1 saturated heterocycles. The summed E-state index contributed by atoms with van der Waals surface area (Å²) in [5.41, 5.74) is 1.42. The Balaban J connectivity index is 1.77. The first kappa shape index (κ1) is 10.9. The third-order valence-electron chi connectivity index (χ3n) is 2.61. The van der Waals surface area contributed by atoms with Crippen LogP contribution < -0.4 is 5.32 Å². The molecule has 4 heteroatoms. The molecule has 0 amide bonds. The highest BCUT2D eigenvalue weighted by atomic mass is 127. The number of rotatable bonds is 3. The monoisotopic (exact) mass is 322 g/mol. The summed E-state index contributed by atoms with van der Waals surface area (Å²) in [6, 6.07) is 2.95. The molecule has 0 saturated carbocycles. The molecule has 1 aliphatic rings. The van der Waals surface area contributed by atoms with Gasteiger partial charge >= 0.3 is 0 Å². The predicted octanol–water partition coefficient (Wildman–Crippen LogP) is 2.15. The van der Waals surface area contributed by atoms with E-state index in [1.807, 2.05) is 11.3 Å². The summed E-state index contributed by atoms with van der Waals surface area (Å²) in [5.74, 6) is 0. The minimum atomic E-state index is 0.692. The molecule has 1 atom stereocenters. The van der Waals surface area contributed by atoms with Gasteiger partial charge in [-0.2, -0.15) is 0 Å². The topological polar surface area (TPSA) is 15.3 Å². The zero-order valence-electron chi connectivity index (χ0n) is 8.29. The third-order valence-corrected chi connectivity index (χ3v) is 4.45. The molecule has 0 aliphatic carbocycles. The van der Waals surface area contributed by atoms with Gasteiger partial charge in [-0.1, -0.05) is 0 Å². The Morgan fingerprint density at radius 3 is 3.14 bits per heavy atom. The maximum atomic E-state index is 3.60. The van der Waals surface area contributed by atoms with Crippen molar-refractivity contribution in [3.8, 4) is 0 Å². The molecule has 1 N–H and O–H groups in total. The quantitative estimate of drug-likeness (QED) is 0.858. The van der Waals surface area contributed by atoms with Gasteiger partial charge in [-0.15, -0.1) is 11.3 Å². The molecule has 1 aliphatic heterocycles. The van der Waals surface area contributed by atoms with E-state index in [4.69, 9.17) is 0 Å². The second kappa shape index (κ2) is 4.92. The van der Waals surface area contributed by atoms with Crippen LogP contribution in [0.2, 0.25) is 0 Å². The van der Waals surface area contributed by atoms with Gasteiger partial charge in [0.2, 0.25) is 0 Å². The lowest BCUT2D eigenvalue weighted by molar-refractivity contribution is 0.398. The Kier molecular flexibility index (Phi) is 3.81. The molecule has 2 nitrogen and oxygen atoms in total. The number of likely N-dealkylation sites (N-methyl/N-ethyl adjacent to an activating group) is 1. The van der Waals surface area contributed by atoms with Crippen LogP contribution in [0.15, 0.2) is 11.4 Å². The summed E-state index contributed by atoms with van der Waals surface area (Å²) in [6.07, 6.45) is 1.29. The average Bonchev–Trinajstić information content (AvgIpc) is 2.72. The smallest absolute Gasteiger partial charge is 0.0656 e. The van der Waals surface area contributed by atoms with Crippen LogP contribution in [-0.2, 0) is 6.54 Å². The van der Waals surface area contributed by atoms with E-state index < -0.39 is 0 Å². The van der Waals surface area contributed by atoms with Crippen molar-refractivity contribution in [2.45, 2.75) is 19.0 Å². The van der Waals surface area contributed by atoms with Crippen LogP contribution in [0.4, 0.5) is 0 Å². The van der Waals surface area contributed by atoms with E-state index in [0.29, 0.717) is 6.04 Å². The molecule has 1 fully saturated rings. The van der Waals surface area contributed by atoms with Crippen LogP contribution in [0.25, 0.3) is 0 Å². The van der Waals surface area contributed by atoms with Gasteiger partial charge in [-0.25, -0.2) is 0 Å². The SMILES string of the molecule is CN1CCC(NCc2csc(I)c2)C1. The van der Waals surface area contributed by atoms with Gasteiger partial charge in [0.1, 0.15) is 0 Å². The molecule has 1 aromatic heterocycles. The lowest BCUT2D eigenvalue weighted by Crippen LogP contribution is -2.30. The fraction of sp³-hybridized carbons (Fsp3) is 0.600. The first-order valence-corrected chi connectivity index (χ1v) is 6.85. The van der Waals surface area contributed by atoms with Crippen molar-refractivity contribution in [3.63, 3.8) is 0 Å². The van der Waals surface area contributed by atoms with Crippen LogP contribution in [0, 0.1) is 2.88 Å². The first-order valence-electron chi connectivity index (χ1n) is 4.89. The van der Waals surface area contributed by atoms with Gasteiger partial charge in [0, 0.05) is 19.1 Å². The fourth-order valence-corrected chi connectivity index (χ4v) is 3.22. The molecule has 2 heterocycles. The predicted molar refractivity (Wildman–Crippen MR) is 69.8 cm³/mol. The molecule has 2 rings (SSSR count). The third kappa shape index (κ3) is 2.92. The summed E-state index contributed by atoms with van der Waals surface area (Å²) in [5, 5.41) is 5.85. The van der Waals surface area contributed by atoms with E-state index in [1.165, 1.54) is 28.0 Å². The van der Waals surface area contributed by atoms with Gasteiger partial charge < -0.3 is 10.2 Å². The molecular formula is C10H15IN2S. The number of nitrogens with one attached hydrogen (secondary N) is 1. The Labute approximate surface area is 103 Å². The second-order valence-electron chi connectivity index (χ2n) is 3.89. The normalized spacial score (nSPS) is 23.1. The number of halogens is 1. The number of likely N-dealkylation sites (tertiary alicyclic amines) is 1. The van der Waals surface area contributed by atoms with E-state index in [1.54, 1.807) is 0 Å². The lowest BCUT2D eigenvalue weighted by atomic mass is 10.2.